The summed E-state index contributed by atoms with van der Waals surface area (Å²) in [5.41, 5.74) is 0.985. The summed E-state index contributed by atoms with van der Waals surface area (Å²) in [5.74, 6) is -0.0619. The molecule has 0 aliphatic carbocycles. The summed E-state index contributed by atoms with van der Waals surface area (Å²) in [6.07, 6.45) is 3.94. The molecule has 23 heavy (non-hydrogen) atoms. The van der Waals surface area contributed by atoms with E-state index < -0.39 is 0 Å². The van der Waals surface area contributed by atoms with Crippen LogP contribution >= 0.6 is 11.3 Å². The van der Waals surface area contributed by atoms with Crippen LogP contribution in [0.4, 0.5) is 4.79 Å². The predicted octanol–water partition coefficient (Wildman–Crippen LogP) is 2.00. The topological polar surface area (TPSA) is 65.5 Å². The number of thiazole rings is 1. The third kappa shape index (κ3) is 4.02. The summed E-state index contributed by atoms with van der Waals surface area (Å²) >= 11 is 1.56. The molecule has 1 aromatic rings. The summed E-state index contributed by atoms with van der Waals surface area (Å²) in [6.45, 7) is 5.45. The van der Waals surface area contributed by atoms with Crippen LogP contribution in [0, 0.1) is 12.8 Å². The van der Waals surface area contributed by atoms with E-state index in [0.29, 0.717) is 13.1 Å². The van der Waals surface area contributed by atoms with E-state index in [1.165, 1.54) is 0 Å². The third-order valence-corrected chi connectivity index (χ3v) is 5.49. The van der Waals surface area contributed by atoms with Crippen molar-refractivity contribution in [2.75, 3.05) is 26.2 Å². The standard InChI is InChI=1S/C16H24N4O2S/c1-12-11-23-14(18-12)9-17-15(21)13-5-4-8-20(10-13)16(22)19-6-2-3-7-19/h11,13H,2-10H2,1H3,(H,17,21). The number of carbonyl (C=O) groups is 2. The second-order valence-electron chi connectivity index (χ2n) is 6.36. The SMILES string of the molecule is Cc1csc(CNC(=O)C2CCCN(C(=O)N3CCCC3)C2)n1. The minimum atomic E-state index is -0.101. The molecule has 0 spiro atoms. The first-order valence-corrected chi connectivity index (χ1v) is 9.24. The molecule has 2 saturated heterocycles. The average Bonchev–Trinajstić information content (AvgIpc) is 3.23. The lowest BCUT2D eigenvalue weighted by atomic mass is 9.97. The van der Waals surface area contributed by atoms with Gasteiger partial charge in [0.2, 0.25) is 5.91 Å². The molecular formula is C16H24N4O2S. The van der Waals surface area contributed by atoms with Gasteiger partial charge in [0.15, 0.2) is 0 Å². The molecule has 126 valence electrons. The van der Waals surface area contributed by atoms with Crippen LogP contribution in [0.1, 0.15) is 36.4 Å². The van der Waals surface area contributed by atoms with Gasteiger partial charge in [0.1, 0.15) is 5.01 Å². The quantitative estimate of drug-likeness (QED) is 0.918. The van der Waals surface area contributed by atoms with Crippen LogP contribution in [0.5, 0.6) is 0 Å². The molecule has 1 aromatic heterocycles. The van der Waals surface area contributed by atoms with Crippen molar-refractivity contribution in [1.29, 1.82) is 0 Å². The first-order valence-electron chi connectivity index (χ1n) is 8.36. The number of piperidine rings is 1. The highest BCUT2D eigenvalue weighted by molar-refractivity contribution is 7.09. The molecule has 2 aliphatic rings. The van der Waals surface area contributed by atoms with E-state index in [1.54, 1.807) is 11.3 Å². The zero-order valence-corrected chi connectivity index (χ0v) is 14.4. The van der Waals surface area contributed by atoms with Crippen molar-refractivity contribution in [2.24, 2.45) is 5.92 Å². The molecular weight excluding hydrogens is 312 g/mol. The van der Waals surface area contributed by atoms with Gasteiger partial charge < -0.3 is 15.1 Å². The molecule has 0 bridgehead atoms. The highest BCUT2D eigenvalue weighted by Crippen LogP contribution is 2.20. The van der Waals surface area contributed by atoms with Crippen molar-refractivity contribution < 1.29 is 9.59 Å². The van der Waals surface area contributed by atoms with Crippen LogP contribution in [0.2, 0.25) is 0 Å². The van der Waals surface area contributed by atoms with Gasteiger partial charge in [-0.25, -0.2) is 9.78 Å². The molecule has 1 N–H and O–H groups in total. The van der Waals surface area contributed by atoms with Crippen LogP contribution in [0.15, 0.2) is 5.38 Å². The van der Waals surface area contributed by atoms with E-state index in [9.17, 15) is 9.59 Å². The Labute approximate surface area is 140 Å². The summed E-state index contributed by atoms with van der Waals surface area (Å²) in [6, 6.07) is 0.107. The lowest BCUT2D eigenvalue weighted by Gasteiger charge is -2.34. The number of nitrogens with one attached hydrogen (secondary N) is 1. The predicted molar refractivity (Wildman–Crippen MR) is 89.2 cm³/mol. The molecule has 3 heterocycles. The minimum absolute atomic E-state index is 0.0387. The normalized spacial score (nSPS) is 21.5. The lowest BCUT2D eigenvalue weighted by molar-refractivity contribution is -0.126. The van der Waals surface area contributed by atoms with Gasteiger partial charge in [0, 0.05) is 37.3 Å². The number of nitrogens with zero attached hydrogens (tertiary/aromatic N) is 3. The number of urea groups is 1. The van der Waals surface area contributed by atoms with Crippen LogP contribution in [0.25, 0.3) is 0 Å². The maximum Gasteiger partial charge on any atom is 0.320 e. The van der Waals surface area contributed by atoms with Gasteiger partial charge >= 0.3 is 6.03 Å². The van der Waals surface area contributed by atoms with E-state index in [0.717, 1.165) is 56.0 Å². The molecule has 7 heteroatoms. The molecule has 1 atom stereocenters. The smallest absolute Gasteiger partial charge is 0.320 e. The number of likely N-dealkylation sites (tertiary alicyclic amines) is 2. The zero-order valence-electron chi connectivity index (χ0n) is 13.6. The Morgan fingerprint density at radius 3 is 2.70 bits per heavy atom. The molecule has 3 rings (SSSR count). The number of rotatable bonds is 3. The highest BCUT2D eigenvalue weighted by Gasteiger charge is 2.31. The third-order valence-electron chi connectivity index (χ3n) is 4.52. The van der Waals surface area contributed by atoms with Gasteiger partial charge in [-0.1, -0.05) is 0 Å². The Bertz CT molecular complexity index is 568. The van der Waals surface area contributed by atoms with E-state index in [-0.39, 0.29) is 17.9 Å². The second kappa shape index (κ2) is 7.29. The number of carbonyl (C=O) groups excluding carboxylic acids is 2. The number of hydrogen-bond donors (Lipinski definition) is 1. The Morgan fingerprint density at radius 2 is 2.00 bits per heavy atom. The average molecular weight is 336 g/mol. The van der Waals surface area contributed by atoms with Gasteiger partial charge in [-0.05, 0) is 32.6 Å². The molecule has 0 aromatic carbocycles. The van der Waals surface area contributed by atoms with Crippen molar-refractivity contribution in [3.05, 3.63) is 16.1 Å². The van der Waals surface area contributed by atoms with Crippen LogP contribution in [0.3, 0.4) is 0 Å². The van der Waals surface area contributed by atoms with Crippen molar-refractivity contribution in [3.8, 4) is 0 Å². The molecule has 2 fully saturated rings. The highest BCUT2D eigenvalue weighted by atomic mass is 32.1. The molecule has 3 amide bonds. The van der Waals surface area contributed by atoms with Crippen LogP contribution in [-0.4, -0.2) is 52.9 Å². The maximum absolute atomic E-state index is 12.5. The van der Waals surface area contributed by atoms with Crippen LogP contribution < -0.4 is 5.32 Å². The fourth-order valence-electron chi connectivity index (χ4n) is 3.26. The van der Waals surface area contributed by atoms with Gasteiger partial charge in [-0.15, -0.1) is 11.3 Å². The van der Waals surface area contributed by atoms with E-state index >= 15 is 0 Å². The van der Waals surface area contributed by atoms with Crippen molar-refractivity contribution in [2.45, 2.75) is 39.2 Å². The van der Waals surface area contributed by atoms with Gasteiger partial charge in [0.25, 0.3) is 0 Å². The lowest BCUT2D eigenvalue weighted by Crippen LogP contribution is -2.49. The Balaban J connectivity index is 1.50. The first-order chi connectivity index (χ1) is 11.1. The number of hydrogen-bond acceptors (Lipinski definition) is 4. The minimum Gasteiger partial charge on any atom is -0.349 e. The summed E-state index contributed by atoms with van der Waals surface area (Å²) in [7, 11) is 0. The number of amides is 3. The van der Waals surface area contributed by atoms with Crippen LogP contribution in [-0.2, 0) is 11.3 Å². The Kier molecular flexibility index (Phi) is 5.15. The summed E-state index contributed by atoms with van der Waals surface area (Å²) in [5, 5.41) is 5.88. The Hall–Kier alpha value is -1.63. The number of aromatic nitrogens is 1. The van der Waals surface area contributed by atoms with Crippen molar-refractivity contribution in [1.82, 2.24) is 20.1 Å². The second-order valence-corrected chi connectivity index (χ2v) is 7.30. The van der Waals surface area contributed by atoms with E-state index in [4.69, 9.17) is 0 Å². The van der Waals surface area contributed by atoms with E-state index in [2.05, 4.69) is 10.3 Å². The molecule has 6 nitrogen and oxygen atoms in total. The monoisotopic (exact) mass is 336 g/mol. The fourth-order valence-corrected chi connectivity index (χ4v) is 3.98. The van der Waals surface area contributed by atoms with Gasteiger partial charge in [-0.3, -0.25) is 4.79 Å². The van der Waals surface area contributed by atoms with Gasteiger partial charge in [-0.2, -0.15) is 0 Å². The summed E-state index contributed by atoms with van der Waals surface area (Å²) < 4.78 is 0. The fraction of sp³-hybridized carbons (Fsp3) is 0.688. The Morgan fingerprint density at radius 1 is 1.26 bits per heavy atom. The first kappa shape index (κ1) is 16.2. The van der Waals surface area contributed by atoms with E-state index in [1.807, 2.05) is 22.1 Å². The molecule has 1 unspecified atom stereocenters. The largest absolute Gasteiger partial charge is 0.349 e. The van der Waals surface area contributed by atoms with Gasteiger partial charge in [0.05, 0.1) is 12.5 Å². The number of aryl methyl sites for hydroxylation is 1. The summed E-state index contributed by atoms with van der Waals surface area (Å²) in [4.78, 5) is 33.0. The molecule has 0 saturated carbocycles. The maximum atomic E-state index is 12.5. The van der Waals surface area contributed by atoms with Crippen molar-refractivity contribution in [3.63, 3.8) is 0 Å². The molecule has 0 radical (unpaired) electrons. The zero-order chi connectivity index (χ0) is 16.2. The van der Waals surface area contributed by atoms with Crippen molar-refractivity contribution >= 4 is 23.3 Å². The molecule has 2 aliphatic heterocycles.